The van der Waals surface area contributed by atoms with Crippen LogP contribution in [0.1, 0.15) is 5.56 Å². The Morgan fingerprint density at radius 3 is 2.94 bits per heavy atom. The molecule has 5 heteroatoms. The lowest BCUT2D eigenvalue weighted by Crippen LogP contribution is -2.15. The molecule has 16 heavy (non-hydrogen) atoms. The Morgan fingerprint density at radius 1 is 1.50 bits per heavy atom. The third kappa shape index (κ3) is 2.97. The molecule has 0 unspecified atom stereocenters. The van der Waals surface area contributed by atoms with Crippen LogP contribution in [0.15, 0.2) is 34.2 Å². The van der Waals surface area contributed by atoms with Crippen molar-refractivity contribution < 1.29 is 0 Å². The van der Waals surface area contributed by atoms with Gasteiger partial charge in [-0.2, -0.15) is 0 Å². The molecule has 0 bridgehead atoms. The lowest BCUT2D eigenvalue weighted by molar-refractivity contribution is 0.913. The van der Waals surface area contributed by atoms with E-state index in [0.717, 1.165) is 21.3 Å². The van der Waals surface area contributed by atoms with Crippen molar-refractivity contribution in [3.8, 4) is 0 Å². The molecule has 1 heterocycles. The van der Waals surface area contributed by atoms with Crippen LogP contribution in [0.5, 0.6) is 0 Å². The van der Waals surface area contributed by atoms with Crippen molar-refractivity contribution in [2.75, 3.05) is 11.9 Å². The summed E-state index contributed by atoms with van der Waals surface area (Å²) >= 11 is 10.9. The van der Waals surface area contributed by atoms with Gasteiger partial charge in [-0.15, -0.1) is 11.3 Å². The van der Waals surface area contributed by atoms with Gasteiger partial charge in [0.2, 0.25) is 0 Å². The van der Waals surface area contributed by atoms with Crippen molar-refractivity contribution in [1.29, 1.82) is 0 Å². The van der Waals surface area contributed by atoms with Crippen LogP contribution in [0.25, 0.3) is 0 Å². The molecular formula is C11H10BrClN2S. The molecule has 0 spiro atoms. The Hall–Kier alpha value is -0.580. The first-order valence-corrected chi connectivity index (χ1v) is 6.77. The summed E-state index contributed by atoms with van der Waals surface area (Å²) in [6, 6.07) is 7.88. The lowest BCUT2D eigenvalue weighted by Gasteiger charge is -2.15. The molecule has 1 aromatic heterocycles. The Morgan fingerprint density at radius 2 is 2.31 bits per heavy atom. The molecule has 0 aliphatic heterocycles. The topological polar surface area (TPSA) is 16.1 Å². The Balaban J connectivity index is 2.10. The van der Waals surface area contributed by atoms with E-state index in [4.69, 9.17) is 11.6 Å². The van der Waals surface area contributed by atoms with Gasteiger partial charge in [-0.1, -0.05) is 23.7 Å². The van der Waals surface area contributed by atoms with E-state index in [0.29, 0.717) is 0 Å². The second-order valence-corrected chi connectivity index (χ2v) is 5.52. The molecule has 0 saturated heterocycles. The summed E-state index contributed by atoms with van der Waals surface area (Å²) in [4.78, 5) is 6.46. The first-order valence-electron chi connectivity index (χ1n) is 4.72. The minimum atomic E-state index is 0.770. The Bertz CT molecular complexity index is 486. The molecule has 0 saturated carbocycles. The molecular weight excluding hydrogens is 308 g/mol. The Labute approximate surface area is 112 Å². The van der Waals surface area contributed by atoms with Crippen LogP contribution in [0.4, 0.5) is 5.13 Å². The highest BCUT2D eigenvalue weighted by molar-refractivity contribution is 9.10. The molecule has 1 aromatic carbocycles. The summed E-state index contributed by atoms with van der Waals surface area (Å²) < 4.78 is 0.880. The molecule has 84 valence electrons. The van der Waals surface area contributed by atoms with Crippen molar-refractivity contribution in [1.82, 2.24) is 4.98 Å². The van der Waals surface area contributed by atoms with Crippen LogP contribution in [0, 0.1) is 0 Å². The van der Waals surface area contributed by atoms with Gasteiger partial charge in [0.05, 0.1) is 0 Å². The monoisotopic (exact) mass is 316 g/mol. The summed E-state index contributed by atoms with van der Waals surface area (Å²) in [5, 5.41) is 3.74. The average molecular weight is 318 g/mol. The van der Waals surface area contributed by atoms with E-state index >= 15 is 0 Å². The smallest absolute Gasteiger partial charge is 0.186 e. The van der Waals surface area contributed by atoms with Crippen LogP contribution < -0.4 is 4.90 Å². The maximum atomic E-state index is 5.94. The number of nitrogens with zero attached hydrogens (tertiary/aromatic N) is 2. The van der Waals surface area contributed by atoms with E-state index < -0.39 is 0 Å². The van der Waals surface area contributed by atoms with Gasteiger partial charge >= 0.3 is 0 Å². The number of hydrogen-bond acceptors (Lipinski definition) is 3. The first-order chi connectivity index (χ1) is 7.65. The number of thiazole rings is 1. The number of anilines is 1. The fourth-order valence-electron chi connectivity index (χ4n) is 1.40. The van der Waals surface area contributed by atoms with Crippen LogP contribution in [-0.2, 0) is 6.54 Å². The van der Waals surface area contributed by atoms with Crippen molar-refractivity contribution in [3.05, 3.63) is 44.8 Å². The van der Waals surface area contributed by atoms with Crippen LogP contribution in [0.3, 0.4) is 0 Å². The summed E-state index contributed by atoms with van der Waals surface area (Å²) in [6.45, 7) is 0.806. The summed E-state index contributed by atoms with van der Waals surface area (Å²) in [5.74, 6) is 0. The largest absolute Gasteiger partial charge is 0.347 e. The summed E-state index contributed by atoms with van der Waals surface area (Å²) in [5.41, 5.74) is 1.18. The van der Waals surface area contributed by atoms with Gasteiger partial charge in [0.25, 0.3) is 0 Å². The standard InChI is InChI=1S/C11H10BrClN2S/c1-15(11-14-10(12)7-16-11)6-8-3-2-4-9(13)5-8/h2-5,7H,6H2,1H3. The van der Waals surface area contributed by atoms with E-state index in [1.807, 2.05) is 30.6 Å². The van der Waals surface area contributed by atoms with Gasteiger partial charge in [-0.05, 0) is 33.6 Å². The van der Waals surface area contributed by atoms with Gasteiger partial charge in [0.15, 0.2) is 5.13 Å². The zero-order chi connectivity index (χ0) is 11.5. The molecule has 0 radical (unpaired) electrons. The van der Waals surface area contributed by atoms with Crippen molar-refractivity contribution in [2.45, 2.75) is 6.54 Å². The average Bonchev–Trinajstić information content (AvgIpc) is 2.65. The molecule has 2 aromatic rings. The van der Waals surface area contributed by atoms with E-state index in [1.54, 1.807) is 11.3 Å². The van der Waals surface area contributed by atoms with E-state index in [9.17, 15) is 0 Å². The summed E-state index contributed by atoms with van der Waals surface area (Å²) in [6.07, 6.45) is 0. The minimum absolute atomic E-state index is 0.770. The number of aromatic nitrogens is 1. The number of halogens is 2. The lowest BCUT2D eigenvalue weighted by atomic mass is 10.2. The van der Waals surface area contributed by atoms with Gasteiger partial charge in [-0.25, -0.2) is 4.98 Å². The number of rotatable bonds is 3. The number of hydrogen-bond donors (Lipinski definition) is 0. The zero-order valence-corrected chi connectivity index (χ0v) is 11.8. The maximum Gasteiger partial charge on any atom is 0.186 e. The van der Waals surface area contributed by atoms with Crippen LogP contribution in [-0.4, -0.2) is 12.0 Å². The maximum absolute atomic E-state index is 5.94. The number of benzene rings is 1. The predicted molar refractivity (Wildman–Crippen MR) is 73.4 cm³/mol. The minimum Gasteiger partial charge on any atom is -0.347 e. The van der Waals surface area contributed by atoms with Gasteiger partial charge in [0.1, 0.15) is 4.60 Å². The van der Waals surface area contributed by atoms with Gasteiger partial charge in [0, 0.05) is 24.0 Å². The molecule has 0 N–H and O–H groups in total. The predicted octanol–water partition coefficient (Wildman–Crippen LogP) is 4.20. The second kappa shape index (κ2) is 5.17. The zero-order valence-electron chi connectivity index (χ0n) is 8.65. The Kier molecular flexibility index (Phi) is 3.84. The van der Waals surface area contributed by atoms with Crippen molar-refractivity contribution in [3.63, 3.8) is 0 Å². The molecule has 2 rings (SSSR count). The highest BCUT2D eigenvalue weighted by Gasteiger charge is 2.06. The second-order valence-electron chi connectivity index (χ2n) is 3.44. The molecule has 0 aliphatic carbocycles. The van der Waals surface area contributed by atoms with E-state index in [1.165, 1.54) is 5.56 Å². The van der Waals surface area contributed by atoms with Crippen molar-refractivity contribution >= 4 is 44.0 Å². The molecule has 0 aliphatic rings. The highest BCUT2D eigenvalue weighted by Crippen LogP contribution is 2.24. The van der Waals surface area contributed by atoms with Gasteiger partial charge < -0.3 is 4.90 Å². The van der Waals surface area contributed by atoms with Crippen molar-refractivity contribution in [2.24, 2.45) is 0 Å². The first kappa shape index (κ1) is 11.9. The molecule has 0 fully saturated rings. The van der Waals surface area contributed by atoms with E-state index in [-0.39, 0.29) is 0 Å². The molecule has 2 nitrogen and oxygen atoms in total. The normalized spacial score (nSPS) is 10.4. The van der Waals surface area contributed by atoms with E-state index in [2.05, 4.69) is 31.9 Å². The fraction of sp³-hybridized carbons (Fsp3) is 0.182. The SMILES string of the molecule is CN(Cc1cccc(Cl)c1)c1nc(Br)cs1. The molecule has 0 atom stereocenters. The third-order valence-electron chi connectivity index (χ3n) is 2.10. The summed E-state index contributed by atoms with van der Waals surface area (Å²) in [7, 11) is 2.02. The van der Waals surface area contributed by atoms with Crippen LogP contribution in [0.2, 0.25) is 5.02 Å². The highest BCUT2D eigenvalue weighted by atomic mass is 79.9. The third-order valence-corrected chi connectivity index (χ3v) is 4.00. The fourth-order valence-corrected chi connectivity index (χ4v) is 2.83. The van der Waals surface area contributed by atoms with Gasteiger partial charge in [-0.3, -0.25) is 0 Å². The van der Waals surface area contributed by atoms with Crippen LogP contribution >= 0.6 is 38.9 Å². The molecule has 0 amide bonds. The quantitative estimate of drug-likeness (QED) is 0.843.